The minimum absolute atomic E-state index is 0.222. The van der Waals surface area contributed by atoms with Gasteiger partial charge in [-0.1, -0.05) is 18.8 Å². The lowest BCUT2D eigenvalue weighted by Crippen LogP contribution is -2.24. The van der Waals surface area contributed by atoms with Crippen LogP contribution in [0, 0.1) is 6.92 Å². The highest BCUT2D eigenvalue weighted by Crippen LogP contribution is 2.06. The van der Waals surface area contributed by atoms with Crippen molar-refractivity contribution in [1.82, 2.24) is 15.1 Å². The first kappa shape index (κ1) is 14.4. The van der Waals surface area contributed by atoms with Crippen molar-refractivity contribution in [2.45, 2.75) is 19.8 Å². The van der Waals surface area contributed by atoms with Crippen LogP contribution in [0.15, 0.2) is 18.3 Å². The normalized spacial score (nSPS) is 10.1. The highest BCUT2D eigenvalue weighted by atomic mass is 32.1. The van der Waals surface area contributed by atoms with E-state index in [-0.39, 0.29) is 5.57 Å². The minimum Gasteiger partial charge on any atom is -0.478 e. The fraction of sp³-hybridized carbons (Fsp3) is 0.417. The third-order valence-corrected chi connectivity index (χ3v) is 2.87. The summed E-state index contributed by atoms with van der Waals surface area (Å²) in [7, 11) is 1.84. The Labute approximate surface area is 111 Å². The number of aryl methyl sites for hydroxylation is 2. The summed E-state index contributed by atoms with van der Waals surface area (Å²) in [5, 5.41) is 16.0. The molecule has 0 aliphatic carbocycles. The smallest absolute Gasteiger partial charge is 0.330 e. The first-order valence-electron chi connectivity index (χ1n) is 5.61. The summed E-state index contributed by atoms with van der Waals surface area (Å²) < 4.78 is 1.71. The van der Waals surface area contributed by atoms with Gasteiger partial charge >= 0.3 is 5.97 Å². The number of hydrogen-bond donors (Lipinski definition) is 2. The van der Waals surface area contributed by atoms with Gasteiger partial charge in [-0.15, -0.1) is 0 Å². The second kappa shape index (κ2) is 6.30. The maximum absolute atomic E-state index is 10.5. The lowest BCUT2D eigenvalue weighted by atomic mass is 10.1. The van der Waals surface area contributed by atoms with Crippen LogP contribution in [0.25, 0.3) is 0 Å². The molecule has 1 heterocycles. The van der Waals surface area contributed by atoms with E-state index in [1.165, 1.54) is 0 Å². The monoisotopic (exact) mass is 267 g/mol. The van der Waals surface area contributed by atoms with Crippen molar-refractivity contribution in [2.75, 3.05) is 6.54 Å². The van der Waals surface area contributed by atoms with E-state index >= 15 is 0 Å². The van der Waals surface area contributed by atoms with Crippen LogP contribution in [0.5, 0.6) is 0 Å². The van der Waals surface area contributed by atoms with Gasteiger partial charge in [-0.3, -0.25) is 4.68 Å². The van der Waals surface area contributed by atoms with Crippen LogP contribution in [-0.4, -0.2) is 32.4 Å². The van der Waals surface area contributed by atoms with Gasteiger partial charge in [0, 0.05) is 30.9 Å². The second-order valence-corrected chi connectivity index (χ2v) is 4.48. The van der Waals surface area contributed by atoms with Crippen molar-refractivity contribution in [3.8, 4) is 0 Å². The van der Waals surface area contributed by atoms with Crippen molar-refractivity contribution in [3.63, 3.8) is 0 Å². The molecule has 1 aromatic rings. The zero-order chi connectivity index (χ0) is 13.7. The molecule has 1 rings (SSSR count). The number of thiocarbonyl (C=S) groups is 1. The Morgan fingerprint density at radius 2 is 2.33 bits per heavy atom. The molecule has 0 atom stereocenters. The molecule has 1 aromatic heterocycles. The number of carboxylic acids is 1. The first-order valence-corrected chi connectivity index (χ1v) is 6.02. The Morgan fingerprint density at radius 3 is 2.83 bits per heavy atom. The Hall–Kier alpha value is -1.69. The van der Waals surface area contributed by atoms with E-state index in [0.29, 0.717) is 24.4 Å². The molecule has 0 unspecified atom stereocenters. The van der Waals surface area contributed by atoms with Crippen molar-refractivity contribution < 1.29 is 9.90 Å². The average molecular weight is 267 g/mol. The maximum Gasteiger partial charge on any atom is 0.330 e. The molecule has 0 aromatic carbocycles. The third kappa shape index (κ3) is 3.96. The fourth-order valence-corrected chi connectivity index (χ4v) is 1.83. The molecule has 18 heavy (non-hydrogen) atoms. The summed E-state index contributed by atoms with van der Waals surface area (Å²) in [4.78, 5) is 11.2. The fourth-order valence-electron chi connectivity index (χ4n) is 1.53. The van der Waals surface area contributed by atoms with Crippen molar-refractivity contribution >= 4 is 23.2 Å². The van der Waals surface area contributed by atoms with Gasteiger partial charge in [-0.2, -0.15) is 5.10 Å². The predicted molar refractivity (Wildman–Crippen MR) is 73.7 cm³/mol. The van der Waals surface area contributed by atoms with Gasteiger partial charge in [-0.25, -0.2) is 4.79 Å². The molecular formula is C12H17N3O2S. The second-order valence-electron chi connectivity index (χ2n) is 4.07. The molecule has 0 amide bonds. The molecule has 0 saturated heterocycles. The van der Waals surface area contributed by atoms with Gasteiger partial charge in [0.15, 0.2) is 0 Å². The van der Waals surface area contributed by atoms with Gasteiger partial charge in [0.2, 0.25) is 0 Å². The lowest BCUT2D eigenvalue weighted by molar-refractivity contribution is -0.132. The third-order valence-electron chi connectivity index (χ3n) is 2.50. The van der Waals surface area contributed by atoms with Crippen molar-refractivity contribution in [1.29, 1.82) is 0 Å². The average Bonchev–Trinajstić information content (AvgIpc) is 2.63. The summed E-state index contributed by atoms with van der Waals surface area (Å²) in [6.45, 7) is 6.00. The van der Waals surface area contributed by atoms with Crippen molar-refractivity contribution in [3.05, 3.63) is 29.6 Å². The molecule has 0 spiro atoms. The van der Waals surface area contributed by atoms with Crippen LogP contribution in [0.2, 0.25) is 0 Å². The van der Waals surface area contributed by atoms with Gasteiger partial charge in [0.25, 0.3) is 0 Å². The molecule has 98 valence electrons. The quantitative estimate of drug-likeness (QED) is 0.463. The number of carboxylic acid groups (broad SMARTS) is 1. The van der Waals surface area contributed by atoms with Gasteiger partial charge in [0.05, 0.1) is 5.69 Å². The molecule has 6 heteroatoms. The van der Waals surface area contributed by atoms with Crippen LogP contribution in [-0.2, 0) is 11.8 Å². The van der Waals surface area contributed by atoms with E-state index < -0.39 is 5.97 Å². The SMILES string of the molecule is C=C(CCCNC(=S)c1cn(C)nc1C)C(=O)O. The highest BCUT2D eigenvalue weighted by Gasteiger charge is 2.08. The van der Waals surface area contributed by atoms with Gasteiger partial charge in [0.1, 0.15) is 4.99 Å². The maximum atomic E-state index is 10.5. The number of hydrogen-bond acceptors (Lipinski definition) is 3. The molecule has 0 aliphatic heterocycles. The number of nitrogens with one attached hydrogen (secondary N) is 1. The largest absolute Gasteiger partial charge is 0.478 e. The van der Waals surface area contributed by atoms with Gasteiger partial charge < -0.3 is 10.4 Å². The number of nitrogens with zero attached hydrogens (tertiary/aromatic N) is 2. The molecule has 0 saturated carbocycles. The van der Waals surface area contributed by atoms with Gasteiger partial charge in [-0.05, 0) is 19.8 Å². The summed E-state index contributed by atoms with van der Waals surface area (Å²) in [6.07, 6.45) is 3.00. The number of aromatic nitrogens is 2. The van der Waals surface area contributed by atoms with E-state index in [4.69, 9.17) is 17.3 Å². The lowest BCUT2D eigenvalue weighted by Gasteiger charge is -2.06. The molecule has 0 radical (unpaired) electrons. The van der Waals surface area contributed by atoms with E-state index in [9.17, 15) is 4.79 Å². The molecule has 0 aliphatic rings. The number of carbonyl (C=O) groups is 1. The summed E-state index contributed by atoms with van der Waals surface area (Å²) >= 11 is 5.25. The van der Waals surface area contributed by atoms with Crippen molar-refractivity contribution in [2.24, 2.45) is 7.05 Å². The zero-order valence-corrected chi connectivity index (χ0v) is 11.4. The Morgan fingerprint density at radius 1 is 1.67 bits per heavy atom. The van der Waals surface area contributed by atoms with E-state index in [1.807, 2.05) is 20.2 Å². The first-order chi connectivity index (χ1) is 8.41. The van der Waals surface area contributed by atoms with E-state index in [0.717, 1.165) is 11.3 Å². The molecular weight excluding hydrogens is 250 g/mol. The molecule has 2 N–H and O–H groups in total. The Kier molecular flexibility index (Phi) is 5.03. The standard InChI is InChI=1S/C12H17N3O2S/c1-8(12(16)17)5-4-6-13-11(18)10-7-15(3)14-9(10)2/h7H,1,4-6H2,2-3H3,(H,13,18)(H,16,17). The van der Waals surface area contributed by atoms with Crippen LogP contribution in [0.1, 0.15) is 24.1 Å². The Bertz CT molecular complexity index is 480. The summed E-state index contributed by atoms with van der Waals surface area (Å²) in [5.74, 6) is -0.944. The van der Waals surface area contributed by atoms with E-state index in [2.05, 4.69) is 17.0 Å². The molecule has 0 fully saturated rings. The van der Waals surface area contributed by atoms with Crippen LogP contribution < -0.4 is 5.32 Å². The summed E-state index contributed by atoms with van der Waals surface area (Å²) in [6, 6.07) is 0. The Balaban J connectivity index is 2.36. The highest BCUT2D eigenvalue weighted by molar-refractivity contribution is 7.80. The van der Waals surface area contributed by atoms with Crippen LogP contribution >= 0.6 is 12.2 Å². The minimum atomic E-state index is -0.944. The molecule has 5 nitrogen and oxygen atoms in total. The predicted octanol–water partition coefficient (Wildman–Crippen LogP) is 1.41. The molecule has 0 bridgehead atoms. The number of rotatable bonds is 6. The van der Waals surface area contributed by atoms with Crippen LogP contribution in [0.4, 0.5) is 0 Å². The number of aliphatic carboxylic acids is 1. The summed E-state index contributed by atoms with van der Waals surface area (Å²) in [5.41, 5.74) is 2.01. The topological polar surface area (TPSA) is 67.2 Å². The van der Waals surface area contributed by atoms with Crippen LogP contribution in [0.3, 0.4) is 0 Å². The van der Waals surface area contributed by atoms with E-state index in [1.54, 1.807) is 4.68 Å². The zero-order valence-electron chi connectivity index (χ0n) is 10.6.